The summed E-state index contributed by atoms with van der Waals surface area (Å²) in [5.74, 6) is -1.86. The van der Waals surface area contributed by atoms with Crippen LogP contribution in [-0.4, -0.2) is 28.0 Å². The number of aromatic nitrogens is 1. The topological polar surface area (TPSA) is 99.3 Å². The van der Waals surface area contributed by atoms with E-state index in [9.17, 15) is 19.5 Å². The largest absolute Gasteiger partial charge is 0.481 e. The third-order valence-electron chi connectivity index (χ3n) is 3.66. The lowest BCUT2D eigenvalue weighted by Crippen LogP contribution is -2.43. The van der Waals surface area contributed by atoms with Crippen molar-refractivity contribution in [1.29, 1.82) is 0 Å². The number of hydrogen-bond acceptors (Lipinski definition) is 3. The van der Waals surface area contributed by atoms with E-state index in [1.165, 1.54) is 18.2 Å². The maximum atomic E-state index is 12.1. The van der Waals surface area contributed by atoms with E-state index in [0.717, 1.165) is 19.3 Å². The molecule has 2 unspecified atom stereocenters. The van der Waals surface area contributed by atoms with Crippen LogP contribution in [0.5, 0.6) is 0 Å². The number of carbonyl (C=O) groups is 2. The molecule has 1 heterocycles. The molecule has 0 spiro atoms. The average molecular weight is 278 g/mol. The summed E-state index contributed by atoms with van der Waals surface area (Å²) in [6.07, 6.45) is 3.98. The van der Waals surface area contributed by atoms with E-state index in [1.807, 2.05) is 0 Å². The van der Waals surface area contributed by atoms with Crippen LogP contribution in [0.4, 0.5) is 0 Å². The fourth-order valence-electron chi connectivity index (χ4n) is 2.60. The van der Waals surface area contributed by atoms with Crippen molar-refractivity contribution in [2.45, 2.75) is 38.1 Å². The first kappa shape index (κ1) is 14.3. The van der Waals surface area contributed by atoms with Crippen LogP contribution in [-0.2, 0) is 4.79 Å². The van der Waals surface area contributed by atoms with Gasteiger partial charge in [0.05, 0.1) is 5.92 Å². The van der Waals surface area contributed by atoms with Crippen molar-refractivity contribution >= 4 is 11.9 Å². The molecule has 3 N–H and O–H groups in total. The monoisotopic (exact) mass is 278 g/mol. The van der Waals surface area contributed by atoms with E-state index in [1.54, 1.807) is 0 Å². The van der Waals surface area contributed by atoms with Gasteiger partial charge in [-0.05, 0) is 18.9 Å². The molecule has 20 heavy (non-hydrogen) atoms. The summed E-state index contributed by atoms with van der Waals surface area (Å²) in [4.78, 5) is 37.0. The van der Waals surface area contributed by atoms with Crippen LogP contribution in [0, 0.1) is 5.92 Å². The lowest BCUT2D eigenvalue weighted by Gasteiger charge is -2.22. The van der Waals surface area contributed by atoms with Gasteiger partial charge in [-0.3, -0.25) is 14.4 Å². The van der Waals surface area contributed by atoms with Gasteiger partial charge in [-0.15, -0.1) is 0 Å². The van der Waals surface area contributed by atoms with Crippen molar-refractivity contribution in [3.05, 3.63) is 34.2 Å². The predicted molar refractivity (Wildman–Crippen MR) is 72.5 cm³/mol. The lowest BCUT2D eigenvalue weighted by molar-refractivity contribution is -0.142. The first-order valence-corrected chi connectivity index (χ1v) is 6.81. The van der Waals surface area contributed by atoms with Crippen molar-refractivity contribution in [3.8, 4) is 0 Å². The predicted octanol–water partition coefficient (Wildman–Crippen LogP) is 1.14. The van der Waals surface area contributed by atoms with Crippen LogP contribution in [0.2, 0.25) is 0 Å². The second-order valence-corrected chi connectivity index (χ2v) is 5.09. The molecule has 1 fully saturated rings. The number of rotatable bonds is 3. The first-order chi connectivity index (χ1) is 9.58. The van der Waals surface area contributed by atoms with Gasteiger partial charge >= 0.3 is 5.97 Å². The Balaban J connectivity index is 2.11. The van der Waals surface area contributed by atoms with Crippen molar-refractivity contribution in [2.24, 2.45) is 5.92 Å². The van der Waals surface area contributed by atoms with Gasteiger partial charge in [-0.2, -0.15) is 0 Å². The highest BCUT2D eigenvalue weighted by molar-refractivity contribution is 5.92. The van der Waals surface area contributed by atoms with Gasteiger partial charge in [0, 0.05) is 12.1 Å². The van der Waals surface area contributed by atoms with Crippen LogP contribution in [0.3, 0.4) is 0 Å². The number of carboxylic acid groups (broad SMARTS) is 1. The molecule has 2 atom stereocenters. The number of amides is 1. The number of hydrogen-bond donors (Lipinski definition) is 3. The average Bonchev–Trinajstić information content (AvgIpc) is 2.64. The maximum Gasteiger partial charge on any atom is 0.308 e. The van der Waals surface area contributed by atoms with Crippen LogP contribution >= 0.6 is 0 Å². The Hall–Kier alpha value is -2.11. The Bertz CT molecular complexity index is 552. The minimum absolute atomic E-state index is 0.158. The Labute approximate surface area is 116 Å². The molecule has 0 saturated heterocycles. The third kappa shape index (κ3) is 3.46. The molecule has 6 heteroatoms. The summed E-state index contributed by atoms with van der Waals surface area (Å²) in [5, 5.41) is 12.0. The van der Waals surface area contributed by atoms with E-state index < -0.39 is 17.8 Å². The van der Waals surface area contributed by atoms with Gasteiger partial charge in [0.25, 0.3) is 5.91 Å². The highest BCUT2D eigenvalue weighted by Gasteiger charge is 2.30. The number of aromatic amines is 1. The van der Waals surface area contributed by atoms with Gasteiger partial charge < -0.3 is 15.4 Å². The number of pyridine rings is 1. The molecule has 1 amide bonds. The second-order valence-electron chi connectivity index (χ2n) is 5.09. The second kappa shape index (κ2) is 6.36. The molecule has 0 radical (unpaired) electrons. The highest BCUT2D eigenvalue weighted by atomic mass is 16.4. The van der Waals surface area contributed by atoms with E-state index in [0.29, 0.717) is 12.8 Å². The zero-order valence-electron chi connectivity index (χ0n) is 11.1. The van der Waals surface area contributed by atoms with Gasteiger partial charge in [0.15, 0.2) is 0 Å². The summed E-state index contributed by atoms with van der Waals surface area (Å²) in [6, 6.07) is 3.94. The zero-order valence-corrected chi connectivity index (χ0v) is 11.1. The number of nitrogens with one attached hydrogen (secondary N) is 2. The number of H-pyrrole nitrogens is 1. The Kier molecular flexibility index (Phi) is 4.55. The molecule has 108 valence electrons. The van der Waals surface area contributed by atoms with Crippen molar-refractivity contribution in [2.75, 3.05) is 0 Å². The Morgan fingerprint density at radius 1 is 1.20 bits per heavy atom. The number of carboxylic acids is 1. The van der Waals surface area contributed by atoms with Gasteiger partial charge in [-0.1, -0.05) is 25.3 Å². The standard InChI is InChI=1S/C14H18N2O4/c17-12-8-4-7-11(15-12)13(18)16-10-6-3-1-2-5-9(10)14(19)20/h4,7-10H,1-3,5-6H2,(H,15,17)(H,16,18)(H,19,20). The van der Waals surface area contributed by atoms with Crippen LogP contribution < -0.4 is 10.9 Å². The normalized spacial score (nSPS) is 22.8. The quantitative estimate of drug-likeness (QED) is 0.722. The molecule has 0 aliphatic heterocycles. The molecular formula is C14H18N2O4. The third-order valence-corrected chi connectivity index (χ3v) is 3.66. The van der Waals surface area contributed by atoms with Crippen molar-refractivity contribution in [3.63, 3.8) is 0 Å². The number of aliphatic carboxylic acids is 1. The van der Waals surface area contributed by atoms with Crippen LogP contribution in [0.15, 0.2) is 23.0 Å². The molecule has 1 aromatic heterocycles. The summed E-state index contributed by atoms with van der Waals surface area (Å²) in [6.45, 7) is 0. The molecule has 2 rings (SSSR count). The van der Waals surface area contributed by atoms with Gasteiger partial charge in [-0.25, -0.2) is 0 Å². The molecular weight excluding hydrogens is 260 g/mol. The maximum absolute atomic E-state index is 12.1. The molecule has 6 nitrogen and oxygen atoms in total. The van der Waals surface area contributed by atoms with Gasteiger partial charge in [0.1, 0.15) is 5.69 Å². The van der Waals surface area contributed by atoms with E-state index >= 15 is 0 Å². The lowest BCUT2D eigenvalue weighted by atomic mass is 9.95. The minimum Gasteiger partial charge on any atom is -0.481 e. The SMILES string of the molecule is O=C(NC1CCCCCC1C(=O)O)c1cccc(=O)[nH]1. The summed E-state index contributed by atoms with van der Waals surface area (Å²) >= 11 is 0. The summed E-state index contributed by atoms with van der Waals surface area (Å²) in [7, 11) is 0. The molecule has 1 saturated carbocycles. The Morgan fingerprint density at radius 2 is 1.95 bits per heavy atom. The fourth-order valence-corrected chi connectivity index (χ4v) is 2.60. The Morgan fingerprint density at radius 3 is 2.65 bits per heavy atom. The molecule has 1 aliphatic rings. The molecule has 1 aliphatic carbocycles. The fraction of sp³-hybridized carbons (Fsp3) is 0.500. The smallest absolute Gasteiger partial charge is 0.308 e. The molecule has 0 bridgehead atoms. The van der Waals surface area contributed by atoms with E-state index in [2.05, 4.69) is 10.3 Å². The van der Waals surface area contributed by atoms with E-state index in [4.69, 9.17) is 0 Å². The van der Waals surface area contributed by atoms with Gasteiger partial charge in [0.2, 0.25) is 5.56 Å². The minimum atomic E-state index is -0.876. The number of carbonyl (C=O) groups excluding carboxylic acids is 1. The van der Waals surface area contributed by atoms with E-state index in [-0.39, 0.29) is 17.3 Å². The molecule has 0 aromatic carbocycles. The first-order valence-electron chi connectivity index (χ1n) is 6.81. The van der Waals surface area contributed by atoms with Crippen LogP contribution in [0.25, 0.3) is 0 Å². The zero-order chi connectivity index (χ0) is 14.5. The molecule has 1 aromatic rings. The summed E-state index contributed by atoms with van der Waals surface area (Å²) < 4.78 is 0. The summed E-state index contributed by atoms with van der Waals surface area (Å²) in [5.41, 5.74) is -0.195. The van der Waals surface area contributed by atoms with Crippen molar-refractivity contribution < 1.29 is 14.7 Å². The highest BCUT2D eigenvalue weighted by Crippen LogP contribution is 2.24. The van der Waals surface area contributed by atoms with Crippen LogP contribution in [0.1, 0.15) is 42.6 Å². The van der Waals surface area contributed by atoms with Crippen molar-refractivity contribution in [1.82, 2.24) is 10.3 Å².